The number of rotatable bonds is 5. The number of nitrogens with one attached hydrogen (secondary N) is 1. The Morgan fingerprint density at radius 3 is 2.76 bits per heavy atom. The molecule has 2 aromatic heterocycles. The molecule has 130 valence electrons. The van der Waals surface area contributed by atoms with E-state index >= 15 is 0 Å². The molecule has 0 aliphatic carbocycles. The van der Waals surface area contributed by atoms with Gasteiger partial charge in [-0.15, -0.1) is 0 Å². The van der Waals surface area contributed by atoms with E-state index in [1.807, 2.05) is 6.92 Å². The molecule has 25 heavy (non-hydrogen) atoms. The zero-order valence-corrected chi connectivity index (χ0v) is 14.5. The van der Waals surface area contributed by atoms with Gasteiger partial charge in [0.1, 0.15) is 12.4 Å². The number of halogens is 1. The Morgan fingerprint density at radius 2 is 2.08 bits per heavy atom. The molecule has 1 amide bonds. The van der Waals surface area contributed by atoms with Crippen molar-refractivity contribution >= 4 is 34.2 Å². The number of fused-ring (bicyclic) bond motifs is 1. The number of aliphatic hydroxyl groups excluding tert-OH is 1. The standard InChI is InChI=1S/C17H17ClN4O3/c1-10-14-15(18)13(9-19-16(14)22(2)21-10)17(24)20-11-3-5-12(6-4-11)25-8-7-23/h3-6,9,23H,7-8H2,1-2H3,(H,20,24). The van der Waals surface area contributed by atoms with Gasteiger partial charge in [0.15, 0.2) is 5.65 Å². The molecule has 7 nitrogen and oxygen atoms in total. The summed E-state index contributed by atoms with van der Waals surface area (Å²) in [7, 11) is 1.78. The van der Waals surface area contributed by atoms with Crippen LogP contribution in [0.4, 0.5) is 5.69 Å². The van der Waals surface area contributed by atoms with Gasteiger partial charge in [0, 0.05) is 18.9 Å². The lowest BCUT2D eigenvalue weighted by molar-refractivity contribution is 0.102. The summed E-state index contributed by atoms with van der Waals surface area (Å²) < 4.78 is 6.91. The maximum atomic E-state index is 12.5. The first-order valence-corrected chi connectivity index (χ1v) is 8.02. The summed E-state index contributed by atoms with van der Waals surface area (Å²) >= 11 is 6.41. The SMILES string of the molecule is Cc1nn(C)c2ncc(C(=O)Nc3ccc(OCCO)cc3)c(Cl)c12. The first-order chi connectivity index (χ1) is 12.0. The molecule has 0 saturated carbocycles. The molecule has 8 heteroatoms. The number of aliphatic hydroxyl groups is 1. The number of nitrogens with zero attached hydrogens (tertiary/aromatic N) is 3. The minimum Gasteiger partial charge on any atom is -0.491 e. The normalized spacial score (nSPS) is 10.9. The summed E-state index contributed by atoms with van der Waals surface area (Å²) in [5.74, 6) is 0.255. The van der Waals surface area contributed by atoms with Crippen molar-refractivity contribution in [1.29, 1.82) is 0 Å². The lowest BCUT2D eigenvalue weighted by Gasteiger charge is -2.09. The van der Waals surface area contributed by atoms with Gasteiger partial charge in [-0.1, -0.05) is 11.6 Å². The first kappa shape index (κ1) is 17.2. The Balaban J connectivity index is 1.82. The van der Waals surface area contributed by atoms with Gasteiger partial charge < -0.3 is 15.2 Å². The Labute approximate surface area is 149 Å². The second-order valence-electron chi connectivity index (χ2n) is 5.44. The van der Waals surface area contributed by atoms with Crippen LogP contribution in [0.3, 0.4) is 0 Å². The Kier molecular flexibility index (Phi) is 4.87. The highest BCUT2D eigenvalue weighted by Crippen LogP contribution is 2.28. The number of anilines is 1. The van der Waals surface area contributed by atoms with Crippen molar-refractivity contribution in [3.63, 3.8) is 0 Å². The van der Waals surface area contributed by atoms with Crippen LogP contribution in [-0.4, -0.2) is 39.0 Å². The molecule has 3 aromatic rings. The maximum Gasteiger partial charge on any atom is 0.258 e. The van der Waals surface area contributed by atoms with Crippen molar-refractivity contribution < 1.29 is 14.6 Å². The summed E-state index contributed by atoms with van der Waals surface area (Å²) in [5.41, 5.74) is 2.23. The number of hydrogen-bond acceptors (Lipinski definition) is 5. The lowest BCUT2D eigenvalue weighted by Crippen LogP contribution is -2.13. The summed E-state index contributed by atoms with van der Waals surface area (Å²) in [6, 6.07) is 6.83. The van der Waals surface area contributed by atoms with E-state index < -0.39 is 0 Å². The Morgan fingerprint density at radius 1 is 1.36 bits per heavy atom. The molecule has 0 atom stereocenters. The van der Waals surface area contributed by atoms with Gasteiger partial charge >= 0.3 is 0 Å². The smallest absolute Gasteiger partial charge is 0.258 e. The predicted octanol–water partition coefficient (Wildman–Crippen LogP) is 2.55. The molecule has 0 unspecified atom stereocenters. The third kappa shape index (κ3) is 3.42. The molecule has 0 spiro atoms. The fourth-order valence-electron chi connectivity index (χ4n) is 2.52. The topological polar surface area (TPSA) is 89.3 Å². The van der Waals surface area contributed by atoms with Crippen LogP contribution in [0.25, 0.3) is 11.0 Å². The number of aryl methyl sites for hydroxylation is 2. The molecule has 0 fully saturated rings. The van der Waals surface area contributed by atoms with Gasteiger partial charge in [0.25, 0.3) is 5.91 Å². The van der Waals surface area contributed by atoms with Crippen molar-refractivity contribution in [1.82, 2.24) is 14.8 Å². The van der Waals surface area contributed by atoms with Crippen LogP contribution in [0.1, 0.15) is 16.1 Å². The van der Waals surface area contributed by atoms with Crippen LogP contribution in [0.15, 0.2) is 30.5 Å². The first-order valence-electron chi connectivity index (χ1n) is 7.64. The second-order valence-corrected chi connectivity index (χ2v) is 5.82. The van der Waals surface area contributed by atoms with Gasteiger partial charge in [0.2, 0.25) is 0 Å². The largest absolute Gasteiger partial charge is 0.491 e. The highest BCUT2D eigenvalue weighted by molar-refractivity contribution is 6.39. The molecule has 0 bridgehead atoms. The average molecular weight is 361 g/mol. The molecule has 0 aliphatic rings. The fourth-order valence-corrected chi connectivity index (χ4v) is 2.88. The third-order valence-corrected chi connectivity index (χ3v) is 4.07. The number of benzene rings is 1. The number of carbonyl (C=O) groups excluding carboxylic acids is 1. The highest BCUT2D eigenvalue weighted by Gasteiger charge is 2.18. The third-order valence-electron chi connectivity index (χ3n) is 3.68. The zero-order chi connectivity index (χ0) is 18.0. The van der Waals surface area contributed by atoms with Crippen molar-refractivity contribution in [3.8, 4) is 5.75 Å². The molecule has 0 radical (unpaired) electrons. The molecule has 2 heterocycles. The average Bonchev–Trinajstić information content (AvgIpc) is 2.89. The molecule has 0 saturated heterocycles. The summed E-state index contributed by atoms with van der Waals surface area (Å²) in [6.07, 6.45) is 1.44. The minimum atomic E-state index is -0.355. The second kappa shape index (κ2) is 7.08. The van der Waals surface area contributed by atoms with E-state index in [1.54, 1.807) is 36.0 Å². The highest BCUT2D eigenvalue weighted by atomic mass is 35.5. The number of amides is 1. The van der Waals surface area contributed by atoms with Crippen LogP contribution >= 0.6 is 11.6 Å². The number of aromatic nitrogens is 3. The Bertz CT molecular complexity index is 922. The monoisotopic (exact) mass is 360 g/mol. The lowest BCUT2D eigenvalue weighted by atomic mass is 10.2. The van der Waals surface area contributed by atoms with Crippen LogP contribution in [-0.2, 0) is 7.05 Å². The van der Waals surface area contributed by atoms with E-state index in [2.05, 4.69) is 15.4 Å². The van der Waals surface area contributed by atoms with Crippen LogP contribution in [0.2, 0.25) is 5.02 Å². The van der Waals surface area contributed by atoms with Gasteiger partial charge in [-0.25, -0.2) is 4.98 Å². The van der Waals surface area contributed by atoms with E-state index in [1.165, 1.54) is 6.20 Å². The van der Waals surface area contributed by atoms with Gasteiger partial charge in [-0.3, -0.25) is 9.48 Å². The molecule has 0 aliphatic heterocycles. The molecule has 2 N–H and O–H groups in total. The number of carbonyl (C=O) groups is 1. The van der Waals surface area contributed by atoms with E-state index in [0.29, 0.717) is 27.5 Å². The van der Waals surface area contributed by atoms with Gasteiger partial charge in [-0.05, 0) is 31.2 Å². The number of pyridine rings is 1. The van der Waals surface area contributed by atoms with E-state index in [0.717, 1.165) is 5.69 Å². The fraction of sp³-hybridized carbons (Fsp3) is 0.235. The minimum absolute atomic E-state index is 0.0553. The van der Waals surface area contributed by atoms with Crippen molar-refractivity contribution in [2.45, 2.75) is 6.92 Å². The quantitative estimate of drug-likeness (QED) is 0.730. The predicted molar refractivity (Wildman–Crippen MR) is 95.2 cm³/mol. The maximum absolute atomic E-state index is 12.5. The Hall–Kier alpha value is -2.64. The van der Waals surface area contributed by atoms with Gasteiger partial charge in [0.05, 0.1) is 28.3 Å². The van der Waals surface area contributed by atoms with Crippen LogP contribution < -0.4 is 10.1 Å². The molecular weight excluding hydrogens is 344 g/mol. The van der Waals surface area contributed by atoms with Crippen molar-refractivity contribution in [2.75, 3.05) is 18.5 Å². The van der Waals surface area contributed by atoms with E-state index in [9.17, 15) is 4.79 Å². The van der Waals surface area contributed by atoms with E-state index in [-0.39, 0.29) is 24.7 Å². The summed E-state index contributed by atoms with van der Waals surface area (Å²) in [5, 5.41) is 16.8. The van der Waals surface area contributed by atoms with E-state index in [4.69, 9.17) is 21.4 Å². The summed E-state index contributed by atoms with van der Waals surface area (Å²) in [4.78, 5) is 16.8. The van der Waals surface area contributed by atoms with Crippen LogP contribution in [0.5, 0.6) is 5.75 Å². The molecule has 3 rings (SSSR count). The summed E-state index contributed by atoms with van der Waals surface area (Å²) in [6.45, 7) is 1.99. The van der Waals surface area contributed by atoms with Gasteiger partial charge in [-0.2, -0.15) is 5.10 Å². The number of hydrogen-bond donors (Lipinski definition) is 2. The number of ether oxygens (including phenoxy) is 1. The van der Waals surface area contributed by atoms with Crippen molar-refractivity contribution in [2.24, 2.45) is 7.05 Å². The zero-order valence-electron chi connectivity index (χ0n) is 13.8. The molecular formula is C17H17ClN4O3. The van der Waals surface area contributed by atoms with Crippen molar-refractivity contribution in [3.05, 3.63) is 46.7 Å². The van der Waals surface area contributed by atoms with Crippen LogP contribution in [0, 0.1) is 6.92 Å². The molecule has 1 aromatic carbocycles.